The standard InChI is InChI=1S/C13H23N5O2/c1-4-6-18-11(14-15-16-18)8-17-7-5-13(9-17,10(2)3)12(19)20/h10H,4-9H2,1-3H3,(H,19,20). The predicted octanol–water partition coefficient (Wildman–Crippen LogP) is 1.02. The van der Waals surface area contributed by atoms with Crippen molar-refractivity contribution in [3.05, 3.63) is 5.82 Å². The van der Waals surface area contributed by atoms with Crippen LogP contribution in [0.25, 0.3) is 0 Å². The van der Waals surface area contributed by atoms with Crippen molar-refractivity contribution in [3.8, 4) is 0 Å². The summed E-state index contributed by atoms with van der Waals surface area (Å²) >= 11 is 0. The number of hydrogen-bond acceptors (Lipinski definition) is 5. The molecule has 112 valence electrons. The first kappa shape index (κ1) is 14.9. The summed E-state index contributed by atoms with van der Waals surface area (Å²) < 4.78 is 1.80. The van der Waals surface area contributed by atoms with Crippen molar-refractivity contribution in [1.29, 1.82) is 0 Å². The molecule has 1 fully saturated rings. The predicted molar refractivity (Wildman–Crippen MR) is 72.9 cm³/mol. The Morgan fingerprint density at radius 3 is 2.80 bits per heavy atom. The molecule has 1 saturated heterocycles. The zero-order chi connectivity index (χ0) is 14.8. The molecule has 7 nitrogen and oxygen atoms in total. The Morgan fingerprint density at radius 1 is 1.50 bits per heavy atom. The van der Waals surface area contributed by atoms with Gasteiger partial charge in [0.25, 0.3) is 0 Å². The van der Waals surface area contributed by atoms with Crippen LogP contribution in [0.15, 0.2) is 0 Å². The van der Waals surface area contributed by atoms with E-state index in [1.807, 2.05) is 13.8 Å². The molecule has 1 aromatic heterocycles. The molecule has 0 amide bonds. The molecule has 0 bridgehead atoms. The molecular weight excluding hydrogens is 258 g/mol. The van der Waals surface area contributed by atoms with Crippen molar-refractivity contribution < 1.29 is 9.90 Å². The van der Waals surface area contributed by atoms with Crippen LogP contribution in [0.1, 0.15) is 39.4 Å². The average Bonchev–Trinajstić information content (AvgIpc) is 2.99. The Labute approximate surface area is 119 Å². The van der Waals surface area contributed by atoms with E-state index in [2.05, 4.69) is 27.3 Å². The molecule has 1 atom stereocenters. The van der Waals surface area contributed by atoms with Crippen molar-refractivity contribution in [3.63, 3.8) is 0 Å². The second-order valence-electron chi connectivity index (χ2n) is 5.89. The van der Waals surface area contributed by atoms with Crippen LogP contribution in [0.2, 0.25) is 0 Å². The van der Waals surface area contributed by atoms with E-state index in [9.17, 15) is 9.90 Å². The van der Waals surface area contributed by atoms with Crippen LogP contribution in [-0.4, -0.2) is 49.3 Å². The van der Waals surface area contributed by atoms with Gasteiger partial charge in [0, 0.05) is 13.1 Å². The van der Waals surface area contributed by atoms with E-state index in [-0.39, 0.29) is 5.92 Å². The minimum atomic E-state index is -0.692. The van der Waals surface area contributed by atoms with Gasteiger partial charge in [0.15, 0.2) is 5.82 Å². The summed E-state index contributed by atoms with van der Waals surface area (Å²) in [6.07, 6.45) is 1.67. The molecular formula is C13H23N5O2. The molecule has 0 saturated carbocycles. The fourth-order valence-corrected chi connectivity index (χ4v) is 2.86. The molecule has 1 aliphatic rings. The Hall–Kier alpha value is -1.50. The highest BCUT2D eigenvalue weighted by molar-refractivity contribution is 5.75. The van der Waals surface area contributed by atoms with Crippen molar-refractivity contribution in [1.82, 2.24) is 25.1 Å². The molecule has 1 aliphatic heterocycles. The SMILES string of the molecule is CCCn1nnnc1CN1CCC(C(=O)O)(C(C)C)C1. The van der Waals surface area contributed by atoms with Gasteiger partial charge in [0.2, 0.25) is 0 Å². The normalized spacial score (nSPS) is 23.6. The number of tetrazole rings is 1. The van der Waals surface area contributed by atoms with Gasteiger partial charge in [-0.05, 0) is 35.7 Å². The van der Waals surface area contributed by atoms with E-state index >= 15 is 0 Å². The lowest BCUT2D eigenvalue weighted by atomic mass is 9.76. The highest BCUT2D eigenvalue weighted by Gasteiger charge is 2.47. The van der Waals surface area contributed by atoms with Crippen LogP contribution in [0, 0.1) is 11.3 Å². The molecule has 2 heterocycles. The minimum Gasteiger partial charge on any atom is -0.481 e. The van der Waals surface area contributed by atoms with E-state index in [4.69, 9.17) is 0 Å². The lowest BCUT2D eigenvalue weighted by Crippen LogP contribution is -2.39. The largest absolute Gasteiger partial charge is 0.481 e. The van der Waals surface area contributed by atoms with E-state index in [1.165, 1.54) is 0 Å². The Bertz CT molecular complexity index is 473. The first-order valence-electron chi connectivity index (χ1n) is 7.20. The van der Waals surface area contributed by atoms with Gasteiger partial charge in [0.05, 0.1) is 12.0 Å². The zero-order valence-electron chi connectivity index (χ0n) is 12.4. The number of likely N-dealkylation sites (tertiary alicyclic amines) is 1. The average molecular weight is 281 g/mol. The van der Waals surface area contributed by atoms with Crippen LogP contribution in [-0.2, 0) is 17.9 Å². The second kappa shape index (κ2) is 5.87. The van der Waals surface area contributed by atoms with Crippen LogP contribution < -0.4 is 0 Å². The summed E-state index contributed by atoms with van der Waals surface area (Å²) in [6, 6.07) is 0. The molecule has 0 aromatic carbocycles. The number of aromatic nitrogens is 4. The molecule has 1 aromatic rings. The number of rotatable bonds is 6. The molecule has 0 radical (unpaired) electrons. The molecule has 1 N–H and O–H groups in total. The van der Waals surface area contributed by atoms with Crippen LogP contribution >= 0.6 is 0 Å². The number of aryl methyl sites for hydroxylation is 1. The summed E-state index contributed by atoms with van der Waals surface area (Å²) in [7, 11) is 0. The summed E-state index contributed by atoms with van der Waals surface area (Å²) in [5.41, 5.74) is -0.636. The molecule has 0 spiro atoms. The molecule has 1 unspecified atom stereocenters. The van der Waals surface area contributed by atoms with E-state index in [1.54, 1.807) is 4.68 Å². The molecule has 20 heavy (non-hydrogen) atoms. The molecule has 2 rings (SSSR count). The highest BCUT2D eigenvalue weighted by Crippen LogP contribution is 2.38. The lowest BCUT2D eigenvalue weighted by molar-refractivity contribution is -0.151. The maximum absolute atomic E-state index is 11.6. The van der Waals surface area contributed by atoms with Gasteiger partial charge in [0.1, 0.15) is 0 Å². The summed E-state index contributed by atoms with van der Waals surface area (Å²) in [5, 5.41) is 21.3. The van der Waals surface area contributed by atoms with Crippen LogP contribution in [0.3, 0.4) is 0 Å². The van der Waals surface area contributed by atoms with Crippen molar-refractivity contribution in [2.45, 2.75) is 46.7 Å². The third-order valence-electron chi connectivity index (χ3n) is 4.32. The Balaban J connectivity index is 2.06. The topological polar surface area (TPSA) is 84.1 Å². The number of hydrogen-bond donors (Lipinski definition) is 1. The smallest absolute Gasteiger partial charge is 0.311 e. The number of carbonyl (C=O) groups is 1. The zero-order valence-corrected chi connectivity index (χ0v) is 12.4. The van der Waals surface area contributed by atoms with Gasteiger partial charge in [-0.25, -0.2) is 4.68 Å². The van der Waals surface area contributed by atoms with E-state index in [0.29, 0.717) is 19.5 Å². The summed E-state index contributed by atoms with van der Waals surface area (Å²) in [6.45, 7) is 8.81. The number of carboxylic acid groups (broad SMARTS) is 1. The lowest BCUT2D eigenvalue weighted by Gasteiger charge is -2.28. The number of aliphatic carboxylic acids is 1. The first-order chi connectivity index (χ1) is 9.49. The third-order valence-corrected chi connectivity index (χ3v) is 4.32. The fourth-order valence-electron chi connectivity index (χ4n) is 2.86. The number of carboxylic acids is 1. The van der Waals surface area contributed by atoms with Gasteiger partial charge in [-0.2, -0.15) is 0 Å². The van der Waals surface area contributed by atoms with Crippen molar-refractivity contribution >= 4 is 5.97 Å². The monoisotopic (exact) mass is 281 g/mol. The van der Waals surface area contributed by atoms with Gasteiger partial charge in [-0.15, -0.1) is 5.10 Å². The minimum absolute atomic E-state index is 0.122. The Kier molecular flexibility index (Phi) is 4.37. The van der Waals surface area contributed by atoms with Crippen LogP contribution in [0.4, 0.5) is 0 Å². The number of nitrogens with zero attached hydrogens (tertiary/aromatic N) is 5. The van der Waals surface area contributed by atoms with E-state index < -0.39 is 11.4 Å². The second-order valence-corrected chi connectivity index (χ2v) is 5.89. The Morgan fingerprint density at radius 2 is 2.25 bits per heavy atom. The fraction of sp³-hybridized carbons (Fsp3) is 0.846. The van der Waals surface area contributed by atoms with Crippen LogP contribution in [0.5, 0.6) is 0 Å². The van der Waals surface area contributed by atoms with Crippen molar-refractivity contribution in [2.75, 3.05) is 13.1 Å². The van der Waals surface area contributed by atoms with Crippen molar-refractivity contribution in [2.24, 2.45) is 11.3 Å². The van der Waals surface area contributed by atoms with Gasteiger partial charge >= 0.3 is 5.97 Å². The molecule has 0 aliphatic carbocycles. The third kappa shape index (κ3) is 2.67. The maximum atomic E-state index is 11.6. The van der Waals surface area contributed by atoms with Gasteiger partial charge in [-0.1, -0.05) is 20.8 Å². The highest BCUT2D eigenvalue weighted by atomic mass is 16.4. The quantitative estimate of drug-likeness (QED) is 0.838. The first-order valence-corrected chi connectivity index (χ1v) is 7.20. The van der Waals surface area contributed by atoms with Gasteiger partial charge < -0.3 is 5.11 Å². The summed E-state index contributed by atoms with van der Waals surface area (Å²) in [5.74, 6) is 0.247. The maximum Gasteiger partial charge on any atom is 0.311 e. The van der Waals surface area contributed by atoms with E-state index in [0.717, 1.165) is 25.3 Å². The molecule has 7 heteroatoms. The summed E-state index contributed by atoms with van der Waals surface area (Å²) in [4.78, 5) is 13.8. The van der Waals surface area contributed by atoms with Gasteiger partial charge in [-0.3, -0.25) is 9.69 Å².